The Morgan fingerprint density at radius 1 is 0.840 bits per heavy atom. The van der Waals surface area contributed by atoms with Crippen molar-refractivity contribution in [2.75, 3.05) is 0 Å². The minimum atomic E-state index is -1.80. The Morgan fingerprint density at radius 2 is 1.40 bits per heavy atom. The molecule has 3 rings (SSSR count). The Morgan fingerprint density at radius 3 is 1.96 bits per heavy atom. The van der Waals surface area contributed by atoms with Gasteiger partial charge >= 0.3 is 0 Å². The third kappa shape index (κ3) is 2.73. The minimum Gasteiger partial charge on any atom is -0.373 e. The van der Waals surface area contributed by atoms with Crippen molar-refractivity contribution in [2.24, 2.45) is 0 Å². The zero-order chi connectivity index (χ0) is 18.2. The normalized spacial score (nSPS) is 12.7. The number of fused-ring (bicyclic) bond motifs is 1. The van der Waals surface area contributed by atoms with Crippen LogP contribution >= 0.6 is 0 Å². The summed E-state index contributed by atoms with van der Waals surface area (Å²) in [6.45, 7) is 14.5. The average molecular weight is 352 g/mol. The van der Waals surface area contributed by atoms with Crippen LogP contribution < -0.4 is 0 Å². The van der Waals surface area contributed by atoms with Crippen molar-refractivity contribution in [3.05, 3.63) is 49.2 Å². The summed E-state index contributed by atoms with van der Waals surface area (Å²) in [7, 11) is -1.80. The number of para-hydroxylation sites is 1. The molecule has 25 heavy (non-hydrogen) atoms. The molecule has 0 amide bonds. The van der Waals surface area contributed by atoms with Crippen molar-refractivity contribution < 1.29 is 0 Å². The van der Waals surface area contributed by atoms with Gasteiger partial charge in [0.2, 0.25) is 0 Å². The second-order valence-electron chi connectivity index (χ2n) is 7.91. The summed E-state index contributed by atoms with van der Waals surface area (Å²) in [6.07, 6.45) is 7.82. The molecule has 2 aromatic heterocycles. The molecule has 0 aliphatic rings. The van der Waals surface area contributed by atoms with Crippen LogP contribution in [0.1, 0.15) is 41.5 Å². The van der Waals surface area contributed by atoms with Crippen molar-refractivity contribution in [1.29, 1.82) is 0 Å². The van der Waals surface area contributed by atoms with Gasteiger partial charge in [-0.05, 0) is 22.7 Å². The zero-order valence-corrected chi connectivity index (χ0v) is 17.2. The van der Waals surface area contributed by atoms with Gasteiger partial charge < -0.3 is 4.23 Å². The molecule has 0 atom stereocenters. The summed E-state index contributed by atoms with van der Waals surface area (Å²) in [4.78, 5) is 8.47. The summed E-state index contributed by atoms with van der Waals surface area (Å²) < 4.78 is 2.67. The SMILES string of the molecule is CC(C)[Si](C(C)C)(C(C)C)n1cc(-c2cncnc2)c2ccccc21. The monoisotopic (exact) mass is 351 g/mol. The van der Waals surface area contributed by atoms with Crippen LogP contribution in [0, 0.1) is 0 Å². The molecule has 0 N–H and O–H groups in total. The molecule has 0 fully saturated rings. The number of aromatic nitrogens is 3. The maximum atomic E-state index is 4.24. The van der Waals surface area contributed by atoms with Crippen molar-refractivity contribution in [3.8, 4) is 11.1 Å². The van der Waals surface area contributed by atoms with E-state index < -0.39 is 8.24 Å². The predicted molar refractivity (Wildman–Crippen MR) is 109 cm³/mol. The molecule has 1 aromatic carbocycles. The van der Waals surface area contributed by atoms with Crippen LogP contribution in [0.15, 0.2) is 49.2 Å². The van der Waals surface area contributed by atoms with Gasteiger partial charge in [0.05, 0.1) is 0 Å². The van der Waals surface area contributed by atoms with Gasteiger partial charge in [0, 0.05) is 40.6 Å². The lowest BCUT2D eigenvalue weighted by atomic mass is 10.1. The highest BCUT2D eigenvalue weighted by molar-refractivity contribution is 6.82. The van der Waals surface area contributed by atoms with Crippen molar-refractivity contribution in [3.63, 3.8) is 0 Å². The van der Waals surface area contributed by atoms with Gasteiger partial charge in [-0.25, -0.2) is 9.97 Å². The summed E-state index contributed by atoms with van der Waals surface area (Å²) >= 11 is 0. The quantitative estimate of drug-likeness (QED) is 0.518. The van der Waals surface area contributed by atoms with Gasteiger partial charge in [-0.1, -0.05) is 59.7 Å². The topological polar surface area (TPSA) is 30.7 Å². The smallest absolute Gasteiger partial charge is 0.169 e. The minimum absolute atomic E-state index is 0.656. The fraction of sp³-hybridized carbons (Fsp3) is 0.429. The van der Waals surface area contributed by atoms with Gasteiger partial charge in [-0.3, -0.25) is 0 Å². The zero-order valence-electron chi connectivity index (χ0n) is 16.2. The third-order valence-electron chi connectivity index (χ3n) is 5.78. The maximum Gasteiger partial charge on any atom is 0.169 e. The number of hydrogen-bond donors (Lipinski definition) is 0. The van der Waals surface area contributed by atoms with Gasteiger partial charge in [-0.15, -0.1) is 0 Å². The van der Waals surface area contributed by atoms with E-state index in [4.69, 9.17) is 0 Å². The number of hydrogen-bond acceptors (Lipinski definition) is 2. The van der Waals surface area contributed by atoms with E-state index in [-0.39, 0.29) is 0 Å². The van der Waals surface area contributed by atoms with Crippen LogP contribution in [-0.2, 0) is 0 Å². The Hall–Kier alpha value is -1.94. The van der Waals surface area contributed by atoms with E-state index >= 15 is 0 Å². The molecule has 0 radical (unpaired) electrons. The lowest BCUT2D eigenvalue weighted by molar-refractivity contribution is 0.773. The van der Waals surface area contributed by atoms with Crippen LogP contribution in [0.25, 0.3) is 22.0 Å². The summed E-state index contributed by atoms with van der Waals surface area (Å²) in [5.74, 6) is 0. The van der Waals surface area contributed by atoms with Crippen LogP contribution in [0.3, 0.4) is 0 Å². The molecule has 3 nitrogen and oxygen atoms in total. The van der Waals surface area contributed by atoms with Crippen LogP contribution in [-0.4, -0.2) is 22.4 Å². The molecular formula is C21H29N3Si. The summed E-state index contributed by atoms with van der Waals surface area (Å²) in [5.41, 5.74) is 5.66. The van der Waals surface area contributed by atoms with Gasteiger partial charge in [0.15, 0.2) is 8.24 Å². The lowest BCUT2D eigenvalue weighted by Crippen LogP contribution is -2.51. The van der Waals surface area contributed by atoms with Crippen molar-refractivity contribution in [1.82, 2.24) is 14.2 Å². The highest BCUT2D eigenvalue weighted by atomic mass is 28.3. The summed E-state index contributed by atoms with van der Waals surface area (Å²) in [6, 6.07) is 8.79. The molecule has 2 heterocycles. The number of benzene rings is 1. The Labute approximate surface area is 152 Å². The van der Waals surface area contributed by atoms with Crippen LogP contribution in [0.2, 0.25) is 16.6 Å². The molecular weight excluding hydrogens is 322 g/mol. The summed E-state index contributed by atoms with van der Waals surface area (Å²) in [5, 5.41) is 1.30. The fourth-order valence-corrected chi connectivity index (χ4v) is 11.6. The van der Waals surface area contributed by atoms with E-state index in [0.29, 0.717) is 16.6 Å². The first-order chi connectivity index (χ1) is 11.9. The van der Waals surface area contributed by atoms with Gasteiger partial charge in [0.1, 0.15) is 6.33 Å². The third-order valence-corrected chi connectivity index (χ3v) is 12.5. The van der Waals surface area contributed by atoms with E-state index in [1.165, 1.54) is 16.5 Å². The molecule has 0 saturated carbocycles. The van der Waals surface area contributed by atoms with Crippen LogP contribution in [0.5, 0.6) is 0 Å². The van der Waals surface area contributed by atoms with E-state index in [1.54, 1.807) is 6.33 Å². The molecule has 0 unspecified atom stereocenters. The van der Waals surface area contributed by atoms with Crippen molar-refractivity contribution in [2.45, 2.75) is 58.2 Å². The highest BCUT2D eigenvalue weighted by Crippen LogP contribution is 2.45. The first-order valence-electron chi connectivity index (χ1n) is 9.26. The van der Waals surface area contributed by atoms with E-state index in [1.807, 2.05) is 12.4 Å². The molecule has 0 bridgehead atoms. The Kier molecular flexibility index (Phi) is 4.83. The molecule has 3 aromatic rings. The van der Waals surface area contributed by atoms with E-state index in [0.717, 1.165) is 5.56 Å². The van der Waals surface area contributed by atoms with E-state index in [9.17, 15) is 0 Å². The van der Waals surface area contributed by atoms with E-state index in [2.05, 4.69) is 86.2 Å². The Balaban J connectivity index is 2.37. The fourth-order valence-electron chi connectivity index (χ4n) is 5.00. The molecule has 4 heteroatoms. The standard InChI is InChI=1S/C21H29N3Si/c1-15(2)25(16(3)4,17(5)6)24-13-20(18-11-22-14-23-12-18)19-9-7-8-10-21(19)24/h7-17H,1-6H3. The van der Waals surface area contributed by atoms with Crippen molar-refractivity contribution >= 4 is 19.1 Å². The molecule has 0 aliphatic heterocycles. The average Bonchev–Trinajstić information content (AvgIpc) is 2.95. The second kappa shape index (κ2) is 6.75. The number of rotatable bonds is 5. The predicted octanol–water partition coefficient (Wildman–Crippen LogP) is 6.12. The van der Waals surface area contributed by atoms with Gasteiger partial charge in [-0.2, -0.15) is 0 Å². The number of nitrogens with zero attached hydrogens (tertiary/aromatic N) is 3. The highest BCUT2D eigenvalue weighted by Gasteiger charge is 2.46. The lowest BCUT2D eigenvalue weighted by Gasteiger charge is -2.44. The molecule has 0 aliphatic carbocycles. The first-order valence-corrected chi connectivity index (χ1v) is 11.4. The molecule has 0 saturated heterocycles. The van der Waals surface area contributed by atoms with Gasteiger partial charge in [0.25, 0.3) is 0 Å². The maximum absolute atomic E-state index is 4.24. The molecule has 0 spiro atoms. The first kappa shape index (κ1) is 17.9. The van der Waals surface area contributed by atoms with Crippen LogP contribution in [0.4, 0.5) is 0 Å². The largest absolute Gasteiger partial charge is 0.373 e. The second-order valence-corrected chi connectivity index (χ2v) is 13.6. The molecule has 132 valence electrons. The Bertz CT molecular complexity index is 828.